The fourth-order valence-electron chi connectivity index (χ4n) is 3.49. The number of hydrogen-bond acceptors (Lipinski definition) is 5. The lowest BCUT2D eigenvalue weighted by Crippen LogP contribution is -2.44. The van der Waals surface area contributed by atoms with Gasteiger partial charge in [-0.15, -0.1) is 24.8 Å². The van der Waals surface area contributed by atoms with Crippen LogP contribution in [-0.4, -0.2) is 56.9 Å². The smallest absolute Gasteiger partial charge is 0.242 e. The highest BCUT2D eigenvalue weighted by atomic mass is 35.5. The molecule has 1 spiro atoms. The molecule has 1 aromatic heterocycles. The Balaban J connectivity index is 0.00000169. The number of amides is 1. The van der Waals surface area contributed by atoms with Crippen molar-refractivity contribution in [1.82, 2.24) is 19.9 Å². The molecule has 1 aromatic rings. The van der Waals surface area contributed by atoms with Crippen molar-refractivity contribution >= 4 is 40.7 Å². The van der Waals surface area contributed by atoms with E-state index in [0.717, 1.165) is 39.0 Å². The summed E-state index contributed by atoms with van der Waals surface area (Å²) in [6, 6.07) is 3.05. The lowest BCUT2D eigenvalue weighted by molar-refractivity contribution is -0.133. The number of hydrogen-bond donors (Lipinski definition) is 2. The zero-order valence-electron chi connectivity index (χ0n) is 14.5. The number of nitrogens with one attached hydrogen (secondary N) is 2. The second-order valence-electron chi connectivity index (χ2n) is 6.64. The number of halogens is 2. The minimum Gasteiger partial charge on any atom is -0.343 e. The van der Waals surface area contributed by atoms with E-state index in [1.165, 1.54) is 24.9 Å². The third kappa shape index (κ3) is 5.53. The van der Waals surface area contributed by atoms with E-state index in [4.69, 9.17) is 0 Å². The first-order valence-corrected chi connectivity index (χ1v) is 9.87. The van der Waals surface area contributed by atoms with E-state index in [1.54, 1.807) is 6.07 Å². The van der Waals surface area contributed by atoms with Crippen LogP contribution in [0.3, 0.4) is 0 Å². The zero-order valence-corrected chi connectivity index (χ0v) is 17.0. The van der Waals surface area contributed by atoms with Crippen LogP contribution in [0.15, 0.2) is 29.4 Å². The van der Waals surface area contributed by atoms with Crippen molar-refractivity contribution in [3.8, 4) is 0 Å². The fraction of sp³-hybridized carbons (Fsp3) is 0.625. The van der Waals surface area contributed by atoms with Crippen LogP contribution in [0.5, 0.6) is 0 Å². The molecular formula is C16H26Cl2N4O3S. The normalized spacial score (nSPS) is 18.8. The van der Waals surface area contributed by atoms with Crippen molar-refractivity contribution < 1.29 is 13.2 Å². The molecule has 2 aliphatic rings. The Labute approximate surface area is 167 Å². The van der Waals surface area contributed by atoms with Gasteiger partial charge in [-0.3, -0.25) is 9.78 Å². The third-order valence-corrected chi connectivity index (χ3v) is 6.53. The summed E-state index contributed by atoms with van der Waals surface area (Å²) in [4.78, 5) is 18.1. The molecule has 10 heteroatoms. The molecule has 148 valence electrons. The topological polar surface area (TPSA) is 91.4 Å². The van der Waals surface area contributed by atoms with Crippen molar-refractivity contribution in [2.45, 2.75) is 30.6 Å². The first-order valence-electron chi connectivity index (χ1n) is 8.39. The molecule has 0 bridgehead atoms. The Hall–Kier alpha value is -0.930. The van der Waals surface area contributed by atoms with Crippen LogP contribution in [0.4, 0.5) is 0 Å². The van der Waals surface area contributed by atoms with Crippen molar-refractivity contribution in [2.75, 3.05) is 32.7 Å². The van der Waals surface area contributed by atoms with Gasteiger partial charge in [0.2, 0.25) is 15.9 Å². The maximum atomic E-state index is 12.3. The van der Waals surface area contributed by atoms with Gasteiger partial charge in [0.15, 0.2) is 0 Å². The van der Waals surface area contributed by atoms with Gasteiger partial charge in [-0.25, -0.2) is 13.1 Å². The first-order chi connectivity index (χ1) is 11.5. The van der Waals surface area contributed by atoms with Gasteiger partial charge < -0.3 is 10.2 Å². The maximum Gasteiger partial charge on any atom is 0.242 e. The summed E-state index contributed by atoms with van der Waals surface area (Å²) in [7, 11) is -3.60. The highest BCUT2D eigenvalue weighted by Crippen LogP contribution is 2.36. The van der Waals surface area contributed by atoms with Gasteiger partial charge in [-0.05, 0) is 43.4 Å². The Morgan fingerprint density at radius 3 is 2.58 bits per heavy atom. The van der Waals surface area contributed by atoms with Crippen LogP contribution in [0, 0.1) is 5.41 Å². The van der Waals surface area contributed by atoms with E-state index in [0.29, 0.717) is 5.41 Å². The Morgan fingerprint density at radius 1 is 1.27 bits per heavy atom. The minimum atomic E-state index is -3.60. The van der Waals surface area contributed by atoms with E-state index in [-0.39, 0.29) is 48.6 Å². The number of rotatable bonds is 5. The summed E-state index contributed by atoms with van der Waals surface area (Å²) in [6.07, 6.45) is 6.26. The van der Waals surface area contributed by atoms with E-state index in [2.05, 4.69) is 15.0 Å². The quantitative estimate of drug-likeness (QED) is 0.740. The van der Waals surface area contributed by atoms with Gasteiger partial charge in [0.05, 0.1) is 0 Å². The average molecular weight is 425 g/mol. The third-order valence-electron chi connectivity index (χ3n) is 5.08. The van der Waals surface area contributed by atoms with Crippen LogP contribution in [0.25, 0.3) is 0 Å². The van der Waals surface area contributed by atoms with Crippen LogP contribution in [0.2, 0.25) is 0 Å². The maximum absolute atomic E-state index is 12.3. The molecule has 0 aromatic carbocycles. The lowest BCUT2D eigenvalue weighted by Gasteiger charge is -2.39. The Kier molecular flexibility index (Phi) is 8.75. The molecular weight excluding hydrogens is 399 g/mol. The standard InChI is InChI=1S/C16H24N4O3S.2ClH/c21-15(20-10-5-16(6-11-20)4-9-18-13-16)3-8-19-24(22,23)14-2-1-7-17-12-14;;/h1-2,7,12,18-19H,3-6,8-11,13H2;2*1H. The van der Waals surface area contributed by atoms with Crippen molar-refractivity contribution in [3.63, 3.8) is 0 Å². The number of carbonyl (C=O) groups is 1. The van der Waals surface area contributed by atoms with E-state index >= 15 is 0 Å². The monoisotopic (exact) mass is 424 g/mol. The number of likely N-dealkylation sites (tertiary alicyclic amines) is 1. The summed E-state index contributed by atoms with van der Waals surface area (Å²) < 4.78 is 26.6. The zero-order chi connectivity index (χ0) is 17.0. The summed E-state index contributed by atoms with van der Waals surface area (Å²) in [5.74, 6) is 0.0182. The van der Waals surface area contributed by atoms with Crippen molar-refractivity contribution in [1.29, 1.82) is 0 Å². The molecule has 2 saturated heterocycles. The fourth-order valence-corrected chi connectivity index (χ4v) is 4.49. The predicted molar refractivity (Wildman–Crippen MR) is 104 cm³/mol. The van der Waals surface area contributed by atoms with Gasteiger partial charge in [-0.2, -0.15) is 0 Å². The van der Waals surface area contributed by atoms with Crippen molar-refractivity contribution in [2.24, 2.45) is 5.41 Å². The second-order valence-corrected chi connectivity index (χ2v) is 8.41. The molecule has 0 saturated carbocycles. The van der Waals surface area contributed by atoms with E-state index < -0.39 is 10.0 Å². The van der Waals surface area contributed by atoms with Crippen LogP contribution in [0.1, 0.15) is 25.7 Å². The van der Waals surface area contributed by atoms with Crippen LogP contribution in [-0.2, 0) is 14.8 Å². The number of piperidine rings is 1. The number of sulfonamides is 1. The van der Waals surface area contributed by atoms with Crippen LogP contribution < -0.4 is 10.0 Å². The molecule has 2 N–H and O–H groups in total. The predicted octanol–water partition coefficient (Wildman–Crippen LogP) is 1.20. The molecule has 3 heterocycles. The van der Waals surface area contributed by atoms with E-state index in [9.17, 15) is 13.2 Å². The number of aromatic nitrogens is 1. The SMILES string of the molecule is Cl.Cl.O=C(CCNS(=O)(=O)c1cccnc1)N1CCC2(CCNC2)CC1. The highest BCUT2D eigenvalue weighted by molar-refractivity contribution is 7.89. The average Bonchev–Trinajstić information content (AvgIpc) is 3.04. The molecule has 0 unspecified atom stereocenters. The summed E-state index contributed by atoms with van der Waals surface area (Å²) >= 11 is 0. The molecule has 2 fully saturated rings. The molecule has 3 rings (SSSR count). The first kappa shape index (κ1) is 23.1. The van der Waals surface area contributed by atoms with E-state index in [1.807, 2.05) is 4.90 Å². The summed E-state index contributed by atoms with van der Waals surface area (Å²) in [5.41, 5.74) is 0.374. The van der Waals surface area contributed by atoms with Gasteiger partial charge in [-0.1, -0.05) is 0 Å². The summed E-state index contributed by atoms with van der Waals surface area (Å²) in [5, 5.41) is 3.41. The summed E-state index contributed by atoms with van der Waals surface area (Å²) in [6.45, 7) is 3.79. The number of pyridine rings is 1. The molecule has 0 radical (unpaired) electrons. The van der Waals surface area contributed by atoms with Crippen molar-refractivity contribution in [3.05, 3.63) is 24.5 Å². The van der Waals surface area contributed by atoms with Gasteiger partial charge in [0, 0.05) is 45.0 Å². The molecule has 0 aliphatic carbocycles. The molecule has 0 atom stereocenters. The number of nitrogens with zero attached hydrogens (tertiary/aromatic N) is 2. The molecule has 1 amide bonds. The Bertz CT molecular complexity index is 672. The highest BCUT2D eigenvalue weighted by Gasteiger charge is 2.37. The molecule has 26 heavy (non-hydrogen) atoms. The van der Waals surface area contributed by atoms with Gasteiger partial charge in [0.1, 0.15) is 4.90 Å². The number of carbonyl (C=O) groups excluding carboxylic acids is 1. The minimum absolute atomic E-state index is 0. The molecule has 7 nitrogen and oxygen atoms in total. The Morgan fingerprint density at radius 2 is 2.00 bits per heavy atom. The largest absolute Gasteiger partial charge is 0.343 e. The second kappa shape index (κ2) is 9.85. The van der Waals surface area contributed by atoms with Gasteiger partial charge in [0.25, 0.3) is 0 Å². The van der Waals surface area contributed by atoms with Crippen LogP contribution >= 0.6 is 24.8 Å². The lowest BCUT2D eigenvalue weighted by atomic mass is 9.78. The molecule has 2 aliphatic heterocycles. The van der Waals surface area contributed by atoms with Gasteiger partial charge >= 0.3 is 0 Å².